The van der Waals surface area contributed by atoms with Gasteiger partial charge in [-0.25, -0.2) is 13.4 Å². The van der Waals surface area contributed by atoms with Gasteiger partial charge in [0.15, 0.2) is 0 Å². The molecule has 2 aliphatic rings. The van der Waals surface area contributed by atoms with Crippen LogP contribution in [0.25, 0.3) is 0 Å². The van der Waals surface area contributed by atoms with Crippen LogP contribution in [0.3, 0.4) is 0 Å². The second-order valence-corrected chi connectivity index (χ2v) is 8.92. The molecule has 0 atom stereocenters. The van der Waals surface area contributed by atoms with Crippen molar-refractivity contribution in [3.8, 4) is 0 Å². The molecule has 3 heterocycles. The molecule has 0 unspecified atom stereocenters. The zero-order valence-electron chi connectivity index (χ0n) is 15.1. The third-order valence-electron chi connectivity index (χ3n) is 5.09. The van der Waals surface area contributed by atoms with E-state index < -0.39 is 21.9 Å². The number of piperidine rings is 1. The first-order valence-corrected chi connectivity index (χ1v) is 10.5. The van der Waals surface area contributed by atoms with E-state index in [0.717, 1.165) is 38.2 Å². The van der Waals surface area contributed by atoms with E-state index >= 15 is 0 Å². The van der Waals surface area contributed by atoms with Gasteiger partial charge in [-0.2, -0.15) is 17.5 Å². The number of aromatic nitrogens is 1. The van der Waals surface area contributed by atoms with Gasteiger partial charge in [0.05, 0.1) is 5.69 Å². The van der Waals surface area contributed by atoms with Crippen LogP contribution in [0.1, 0.15) is 37.1 Å². The molecule has 2 saturated heterocycles. The highest BCUT2D eigenvalue weighted by molar-refractivity contribution is 7.89. The third-order valence-corrected chi connectivity index (χ3v) is 7.12. The molecule has 6 nitrogen and oxygen atoms in total. The topological polar surface area (TPSA) is 71.5 Å². The highest BCUT2D eigenvalue weighted by Crippen LogP contribution is 2.30. The predicted octanol–water partition coefficient (Wildman–Crippen LogP) is 2.33. The number of rotatable bonds is 4. The third kappa shape index (κ3) is 4.79. The van der Waals surface area contributed by atoms with Crippen LogP contribution in [0.15, 0.2) is 17.0 Å². The lowest BCUT2D eigenvalue weighted by Gasteiger charge is -2.35. The fraction of sp³-hybridized carbons (Fsp3) is 0.706. The Morgan fingerprint density at radius 3 is 2.26 bits per heavy atom. The SMILES string of the molecule is Cc1nc(C(F)(F)F)ccc1S(=O)(=O)N1CCC(NC2CCOCC2)CC1. The minimum atomic E-state index is -4.60. The zero-order valence-corrected chi connectivity index (χ0v) is 15.9. The zero-order chi connectivity index (χ0) is 19.7. The van der Waals surface area contributed by atoms with Gasteiger partial charge in [0, 0.05) is 38.4 Å². The smallest absolute Gasteiger partial charge is 0.381 e. The Kier molecular flexibility index (Phi) is 6.09. The van der Waals surface area contributed by atoms with E-state index in [2.05, 4.69) is 10.3 Å². The first-order chi connectivity index (χ1) is 12.7. The van der Waals surface area contributed by atoms with Gasteiger partial charge in [-0.1, -0.05) is 0 Å². The fourth-order valence-electron chi connectivity index (χ4n) is 3.58. The van der Waals surface area contributed by atoms with Gasteiger partial charge in [0.1, 0.15) is 10.6 Å². The summed E-state index contributed by atoms with van der Waals surface area (Å²) >= 11 is 0. The molecule has 152 valence electrons. The maximum Gasteiger partial charge on any atom is 0.433 e. The maximum absolute atomic E-state index is 12.8. The predicted molar refractivity (Wildman–Crippen MR) is 92.7 cm³/mol. The average molecular weight is 407 g/mol. The number of halogens is 3. The van der Waals surface area contributed by atoms with Gasteiger partial charge in [-0.15, -0.1) is 0 Å². The van der Waals surface area contributed by atoms with Crippen LogP contribution in [0.4, 0.5) is 13.2 Å². The number of nitrogens with one attached hydrogen (secondary N) is 1. The van der Waals surface area contributed by atoms with E-state index in [1.807, 2.05) is 0 Å². The number of pyridine rings is 1. The number of aryl methyl sites for hydroxylation is 1. The van der Waals surface area contributed by atoms with Gasteiger partial charge in [0.25, 0.3) is 0 Å². The molecule has 1 N–H and O–H groups in total. The van der Waals surface area contributed by atoms with Crippen LogP contribution in [0.2, 0.25) is 0 Å². The van der Waals surface area contributed by atoms with E-state index in [9.17, 15) is 21.6 Å². The minimum absolute atomic E-state index is 0.132. The fourth-order valence-corrected chi connectivity index (χ4v) is 5.21. The molecule has 0 bridgehead atoms. The molecule has 0 saturated carbocycles. The van der Waals surface area contributed by atoms with Crippen molar-refractivity contribution in [2.45, 2.75) is 55.8 Å². The quantitative estimate of drug-likeness (QED) is 0.830. The molecule has 3 rings (SSSR count). The molecule has 2 fully saturated rings. The van der Waals surface area contributed by atoms with Crippen molar-refractivity contribution in [1.82, 2.24) is 14.6 Å². The molecule has 27 heavy (non-hydrogen) atoms. The van der Waals surface area contributed by atoms with Crippen molar-refractivity contribution in [2.24, 2.45) is 0 Å². The molecule has 0 amide bonds. The molecule has 1 aromatic heterocycles. The standard InChI is InChI=1S/C17H24F3N3O3S/c1-12-15(2-3-16(21-12)17(18,19)20)27(24,25)23-8-4-13(5-9-23)22-14-6-10-26-11-7-14/h2-3,13-14,22H,4-11H2,1H3. The number of nitrogens with zero attached hydrogens (tertiary/aromatic N) is 2. The van der Waals surface area contributed by atoms with Crippen molar-refractivity contribution >= 4 is 10.0 Å². The molecule has 0 aromatic carbocycles. The largest absolute Gasteiger partial charge is 0.433 e. The minimum Gasteiger partial charge on any atom is -0.381 e. The van der Waals surface area contributed by atoms with Gasteiger partial charge >= 0.3 is 6.18 Å². The van der Waals surface area contributed by atoms with E-state index in [1.165, 1.54) is 11.2 Å². The van der Waals surface area contributed by atoms with E-state index in [4.69, 9.17) is 4.74 Å². The summed E-state index contributed by atoms with van der Waals surface area (Å²) in [6, 6.07) is 2.37. The maximum atomic E-state index is 12.8. The van der Waals surface area contributed by atoms with Crippen LogP contribution in [-0.4, -0.2) is 56.1 Å². The number of sulfonamides is 1. The second kappa shape index (κ2) is 8.02. The first-order valence-electron chi connectivity index (χ1n) is 9.07. The van der Waals surface area contributed by atoms with Crippen molar-refractivity contribution in [3.05, 3.63) is 23.5 Å². The Morgan fingerprint density at radius 2 is 1.70 bits per heavy atom. The van der Waals surface area contributed by atoms with Gasteiger partial charge < -0.3 is 10.1 Å². The molecule has 2 aliphatic heterocycles. The lowest BCUT2D eigenvalue weighted by molar-refractivity contribution is -0.141. The number of ether oxygens (including phenoxy) is 1. The molecule has 0 radical (unpaired) electrons. The van der Waals surface area contributed by atoms with Gasteiger partial charge in [-0.05, 0) is 44.7 Å². The van der Waals surface area contributed by atoms with Crippen LogP contribution >= 0.6 is 0 Å². The van der Waals surface area contributed by atoms with Crippen molar-refractivity contribution in [3.63, 3.8) is 0 Å². The Morgan fingerprint density at radius 1 is 1.11 bits per heavy atom. The lowest BCUT2D eigenvalue weighted by Crippen LogP contribution is -2.49. The Labute approximate surface area is 157 Å². The van der Waals surface area contributed by atoms with Crippen LogP contribution < -0.4 is 5.32 Å². The number of alkyl halides is 3. The van der Waals surface area contributed by atoms with Crippen molar-refractivity contribution in [1.29, 1.82) is 0 Å². The van der Waals surface area contributed by atoms with Gasteiger partial charge in [-0.3, -0.25) is 0 Å². The van der Waals surface area contributed by atoms with E-state index in [-0.39, 0.29) is 16.6 Å². The lowest BCUT2D eigenvalue weighted by atomic mass is 10.0. The molecule has 1 aromatic rings. The molecule has 0 aliphatic carbocycles. The number of hydrogen-bond donors (Lipinski definition) is 1. The summed E-state index contributed by atoms with van der Waals surface area (Å²) in [5, 5.41) is 3.57. The molecular weight excluding hydrogens is 383 g/mol. The van der Waals surface area contributed by atoms with Crippen LogP contribution in [-0.2, 0) is 20.9 Å². The average Bonchev–Trinajstić information content (AvgIpc) is 2.62. The highest BCUT2D eigenvalue weighted by atomic mass is 32.2. The van der Waals surface area contributed by atoms with E-state index in [1.54, 1.807) is 0 Å². The summed E-state index contributed by atoms with van der Waals surface area (Å²) < 4.78 is 70.6. The van der Waals surface area contributed by atoms with Crippen molar-refractivity contribution < 1.29 is 26.3 Å². The Balaban J connectivity index is 1.64. The monoisotopic (exact) mass is 407 g/mol. The number of hydrogen-bond acceptors (Lipinski definition) is 5. The molecular formula is C17H24F3N3O3S. The summed E-state index contributed by atoms with van der Waals surface area (Å²) in [5.41, 5.74) is -1.22. The van der Waals surface area contributed by atoms with E-state index in [0.29, 0.717) is 32.0 Å². The van der Waals surface area contributed by atoms with Crippen LogP contribution in [0.5, 0.6) is 0 Å². The Bertz CT molecular complexity index is 756. The summed E-state index contributed by atoms with van der Waals surface area (Å²) in [6.07, 6.45) is -1.35. The first kappa shape index (κ1) is 20.5. The molecule has 10 heteroatoms. The summed E-state index contributed by atoms with van der Waals surface area (Å²) in [5.74, 6) is 0. The summed E-state index contributed by atoms with van der Waals surface area (Å²) in [7, 11) is -3.86. The summed E-state index contributed by atoms with van der Waals surface area (Å²) in [6.45, 7) is 3.45. The highest BCUT2D eigenvalue weighted by Gasteiger charge is 2.35. The van der Waals surface area contributed by atoms with Crippen molar-refractivity contribution in [2.75, 3.05) is 26.3 Å². The Hall–Kier alpha value is -1.23. The summed E-state index contributed by atoms with van der Waals surface area (Å²) in [4.78, 5) is 3.28. The molecule has 0 spiro atoms. The normalized spacial score (nSPS) is 21.5. The van der Waals surface area contributed by atoms with Gasteiger partial charge in [0.2, 0.25) is 10.0 Å². The second-order valence-electron chi connectivity index (χ2n) is 7.01. The van der Waals surface area contributed by atoms with Crippen LogP contribution in [0, 0.1) is 6.92 Å².